The summed E-state index contributed by atoms with van der Waals surface area (Å²) in [6.45, 7) is 2.99. The fourth-order valence-electron chi connectivity index (χ4n) is 2.64. The first-order valence-corrected chi connectivity index (χ1v) is 8.01. The van der Waals surface area contributed by atoms with Crippen LogP contribution in [0.25, 0.3) is 0 Å². The Hall–Kier alpha value is -2.01. The van der Waals surface area contributed by atoms with Crippen LogP contribution < -0.4 is 4.90 Å². The van der Waals surface area contributed by atoms with Gasteiger partial charge in [-0.3, -0.25) is 4.79 Å². The maximum absolute atomic E-state index is 12.5. The van der Waals surface area contributed by atoms with Crippen LogP contribution in [0.1, 0.15) is 10.4 Å². The number of benzene rings is 2. The van der Waals surface area contributed by atoms with E-state index in [1.165, 1.54) is 0 Å². The van der Waals surface area contributed by atoms with E-state index in [0.29, 0.717) is 18.7 Å². The minimum Gasteiger partial charge on any atom is -0.508 e. The molecule has 0 spiro atoms. The molecule has 4 nitrogen and oxygen atoms in total. The largest absolute Gasteiger partial charge is 0.508 e. The van der Waals surface area contributed by atoms with Gasteiger partial charge >= 0.3 is 0 Å². The van der Waals surface area contributed by atoms with Crippen LogP contribution in [0, 0.1) is 0 Å². The van der Waals surface area contributed by atoms with Crippen molar-refractivity contribution >= 4 is 27.5 Å². The van der Waals surface area contributed by atoms with E-state index in [2.05, 4.69) is 20.8 Å². The van der Waals surface area contributed by atoms with Gasteiger partial charge in [0.2, 0.25) is 0 Å². The highest BCUT2D eigenvalue weighted by Gasteiger charge is 2.22. The van der Waals surface area contributed by atoms with Crippen molar-refractivity contribution in [3.63, 3.8) is 0 Å². The SMILES string of the molecule is O=C(c1cccc(Br)c1)N1CCN(c2ccc(O)cc2)CC1. The molecule has 114 valence electrons. The number of anilines is 1. The number of hydrogen-bond acceptors (Lipinski definition) is 3. The smallest absolute Gasteiger partial charge is 0.254 e. The highest BCUT2D eigenvalue weighted by atomic mass is 79.9. The first-order chi connectivity index (χ1) is 10.6. The lowest BCUT2D eigenvalue weighted by Crippen LogP contribution is -2.48. The van der Waals surface area contributed by atoms with Gasteiger partial charge in [0.25, 0.3) is 5.91 Å². The van der Waals surface area contributed by atoms with Crippen molar-refractivity contribution in [1.29, 1.82) is 0 Å². The molecule has 1 heterocycles. The Labute approximate surface area is 138 Å². The van der Waals surface area contributed by atoms with Gasteiger partial charge in [0.15, 0.2) is 0 Å². The minimum atomic E-state index is 0.0756. The van der Waals surface area contributed by atoms with Gasteiger partial charge in [0.1, 0.15) is 5.75 Å². The fourth-order valence-corrected chi connectivity index (χ4v) is 3.03. The van der Waals surface area contributed by atoms with Crippen molar-refractivity contribution in [2.45, 2.75) is 0 Å². The number of phenolic OH excluding ortho intramolecular Hbond substituents is 1. The highest BCUT2D eigenvalue weighted by molar-refractivity contribution is 9.10. The van der Waals surface area contributed by atoms with Crippen LogP contribution in [-0.2, 0) is 0 Å². The summed E-state index contributed by atoms with van der Waals surface area (Å²) in [5.41, 5.74) is 1.79. The fraction of sp³-hybridized carbons (Fsp3) is 0.235. The summed E-state index contributed by atoms with van der Waals surface area (Å²) in [6.07, 6.45) is 0. The Kier molecular flexibility index (Phi) is 4.34. The van der Waals surface area contributed by atoms with Gasteiger partial charge in [-0.1, -0.05) is 22.0 Å². The lowest BCUT2D eigenvalue weighted by atomic mass is 10.1. The number of halogens is 1. The third-order valence-electron chi connectivity index (χ3n) is 3.85. The average molecular weight is 361 g/mol. The van der Waals surface area contributed by atoms with E-state index >= 15 is 0 Å². The zero-order chi connectivity index (χ0) is 15.5. The molecule has 1 N–H and O–H groups in total. The molecule has 2 aromatic rings. The van der Waals surface area contributed by atoms with Crippen LogP contribution in [0.15, 0.2) is 53.0 Å². The van der Waals surface area contributed by atoms with Crippen LogP contribution in [-0.4, -0.2) is 42.1 Å². The van der Waals surface area contributed by atoms with Crippen LogP contribution in [0.5, 0.6) is 5.75 Å². The Bertz CT molecular complexity index is 665. The number of nitrogens with zero attached hydrogens (tertiary/aromatic N) is 2. The third-order valence-corrected chi connectivity index (χ3v) is 4.35. The van der Waals surface area contributed by atoms with Crippen molar-refractivity contribution < 1.29 is 9.90 Å². The lowest BCUT2D eigenvalue weighted by molar-refractivity contribution is 0.0746. The molecular formula is C17H17BrN2O2. The molecule has 0 aromatic heterocycles. The van der Waals surface area contributed by atoms with E-state index in [1.807, 2.05) is 41.3 Å². The summed E-state index contributed by atoms with van der Waals surface area (Å²) in [4.78, 5) is 16.6. The molecule has 22 heavy (non-hydrogen) atoms. The molecule has 3 rings (SSSR count). The molecule has 1 fully saturated rings. The zero-order valence-electron chi connectivity index (χ0n) is 12.1. The molecule has 1 aliphatic rings. The van der Waals surface area contributed by atoms with Crippen molar-refractivity contribution in [2.24, 2.45) is 0 Å². The molecule has 5 heteroatoms. The van der Waals surface area contributed by atoms with E-state index in [9.17, 15) is 9.90 Å². The standard InChI is InChI=1S/C17H17BrN2O2/c18-14-3-1-2-13(12-14)17(22)20-10-8-19(9-11-20)15-4-6-16(21)7-5-15/h1-7,12,21H,8-11H2. The Morgan fingerprint density at radius 1 is 1.00 bits per heavy atom. The molecule has 0 radical (unpaired) electrons. The number of carbonyl (C=O) groups is 1. The van der Waals surface area contributed by atoms with Gasteiger partial charge in [-0.05, 0) is 42.5 Å². The predicted octanol–water partition coefficient (Wildman–Crippen LogP) is 3.12. The zero-order valence-corrected chi connectivity index (χ0v) is 13.7. The average Bonchev–Trinajstić information content (AvgIpc) is 2.55. The molecule has 1 aliphatic heterocycles. The van der Waals surface area contributed by atoms with E-state index < -0.39 is 0 Å². The summed E-state index contributed by atoms with van der Waals surface area (Å²) >= 11 is 3.40. The summed E-state index contributed by atoms with van der Waals surface area (Å²) in [6, 6.07) is 14.7. The molecule has 1 amide bonds. The first-order valence-electron chi connectivity index (χ1n) is 7.22. The summed E-state index contributed by atoms with van der Waals surface area (Å²) in [7, 11) is 0. The Morgan fingerprint density at radius 2 is 1.68 bits per heavy atom. The monoisotopic (exact) mass is 360 g/mol. The second kappa shape index (κ2) is 6.40. The number of aromatic hydroxyl groups is 1. The van der Waals surface area contributed by atoms with E-state index in [0.717, 1.165) is 23.2 Å². The Morgan fingerprint density at radius 3 is 2.32 bits per heavy atom. The van der Waals surface area contributed by atoms with Gasteiger partial charge in [-0.25, -0.2) is 0 Å². The predicted molar refractivity (Wildman–Crippen MR) is 90.4 cm³/mol. The molecule has 1 saturated heterocycles. The minimum absolute atomic E-state index is 0.0756. The normalized spacial score (nSPS) is 15.0. The highest BCUT2D eigenvalue weighted by Crippen LogP contribution is 2.21. The van der Waals surface area contributed by atoms with Gasteiger partial charge < -0.3 is 14.9 Å². The second-order valence-electron chi connectivity index (χ2n) is 5.31. The maximum Gasteiger partial charge on any atom is 0.254 e. The summed E-state index contributed by atoms with van der Waals surface area (Å²) < 4.78 is 0.918. The summed E-state index contributed by atoms with van der Waals surface area (Å²) in [5.74, 6) is 0.346. The van der Waals surface area contributed by atoms with Crippen LogP contribution in [0.3, 0.4) is 0 Å². The number of amides is 1. The van der Waals surface area contributed by atoms with Gasteiger partial charge in [0, 0.05) is 41.9 Å². The van der Waals surface area contributed by atoms with Crippen LogP contribution in [0.2, 0.25) is 0 Å². The molecule has 0 aliphatic carbocycles. The number of phenols is 1. The Balaban J connectivity index is 1.64. The van der Waals surface area contributed by atoms with E-state index in [1.54, 1.807) is 12.1 Å². The second-order valence-corrected chi connectivity index (χ2v) is 6.22. The number of hydrogen-bond donors (Lipinski definition) is 1. The van der Waals surface area contributed by atoms with Crippen molar-refractivity contribution in [3.8, 4) is 5.75 Å². The van der Waals surface area contributed by atoms with Crippen LogP contribution in [0.4, 0.5) is 5.69 Å². The van der Waals surface area contributed by atoms with Crippen molar-refractivity contribution in [3.05, 3.63) is 58.6 Å². The molecule has 0 unspecified atom stereocenters. The van der Waals surface area contributed by atoms with Gasteiger partial charge in [-0.2, -0.15) is 0 Å². The molecular weight excluding hydrogens is 344 g/mol. The molecule has 0 bridgehead atoms. The number of piperazine rings is 1. The van der Waals surface area contributed by atoms with E-state index in [-0.39, 0.29) is 11.7 Å². The van der Waals surface area contributed by atoms with Gasteiger partial charge in [-0.15, -0.1) is 0 Å². The van der Waals surface area contributed by atoms with Crippen molar-refractivity contribution in [1.82, 2.24) is 4.90 Å². The molecule has 0 atom stereocenters. The number of rotatable bonds is 2. The molecule has 0 saturated carbocycles. The lowest BCUT2D eigenvalue weighted by Gasteiger charge is -2.36. The van der Waals surface area contributed by atoms with Crippen molar-refractivity contribution in [2.75, 3.05) is 31.1 Å². The topological polar surface area (TPSA) is 43.8 Å². The quantitative estimate of drug-likeness (QED) is 0.894. The van der Waals surface area contributed by atoms with Crippen LogP contribution >= 0.6 is 15.9 Å². The maximum atomic E-state index is 12.5. The molecule has 2 aromatic carbocycles. The van der Waals surface area contributed by atoms with Gasteiger partial charge in [0.05, 0.1) is 0 Å². The third kappa shape index (κ3) is 3.25. The first kappa shape index (κ1) is 14.9. The van der Waals surface area contributed by atoms with E-state index in [4.69, 9.17) is 0 Å². The summed E-state index contributed by atoms with van der Waals surface area (Å²) in [5, 5.41) is 9.34. The number of carbonyl (C=O) groups excluding carboxylic acids is 1.